The number of esters is 3. The molecule has 13 nitrogen and oxygen atoms in total. The maximum atomic E-state index is 12.1. The van der Waals surface area contributed by atoms with Crippen molar-refractivity contribution in [3.8, 4) is 0 Å². The summed E-state index contributed by atoms with van der Waals surface area (Å²) < 4.78 is 18.1. The van der Waals surface area contributed by atoms with E-state index in [-0.39, 0.29) is 0 Å². The minimum Gasteiger partial charge on any atom is -0.422 e. The second-order valence-electron chi connectivity index (χ2n) is 5.93. The van der Waals surface area contributed by atoms with E-state index in [1.807, 2.05) is 0 Å². The van der Waals surface area contributed by atoms with Crippen LogP contribution in [-0.2, 0) is 33.3 Å². The van der Waals surface area contributed by atoms with E-state index in [2.05, 4.69) is 18.9 Å². The van der Waals surface area contributed by atoms with Gasteiger partial charge >= 0.3 is 35.5 Å². The molecule has 6 N–H and O–H groups in total. The molecule has 0 spiro atoms. The monoisotopic (exact) mass is 366 g/mol. The molecule has 3 aliphatic heterocycles. The summed E-state index contributed by atoms with van der Waals surface area (Å²) in [5, 5.41) is 60.9. The fourth-order valence-corrected chi connectivity index (χ4v) is 2.84. The van der Waals surface area contributed by atoms with Crippen LogP contribution >= 0.6 is 0 Å². The normalized spacial score (nSPS) is 49.9. The van der Waals surface area contributed by atoms with Gasteiger partial charge in [-0.2, -0.15) is 0 Å². The number of fused-ring (bicyclic) bond motifs is 2. The van der Waals surface area contributed by atoms with E-state index in [1.165, 1.54) is 0 Å². The zero-order valence-corrected chi connectivity index (χ0v) is 12.3. The van der Waals surface area contributed by atoms with Crippen LogP contribution in [0, 0.1) is 0 Å². The Labute approximate surface area is 137 Å². The fraction of sp³-hybridized carbons (Fsp3) is 0.750. The van der Waals surface area contributed by atoms with E-state index >= 15 is 0 Å². The predicted molar refractivity (Wildman–Crippen MR) is 65.3 cm³/mol. The maximum Gasteiger partial charge on any atom is 0.404 e. The summed E-state index contributed by atoms with van der Waals surface area (Å²) in [6.45, 7) is -1.10. The molecular weight excluding hydrogens is 352 g/mol. The topological polar surface area (TPSA) is 210 Å². The fourth-order valence-electron chi connectivity index (χ4n) is 2.84. The number of ether oxygens (including phenoxy) is 4. The number of carbonyl (C=O) groups is 3. The van der Waals surface area contributed by atoms with Crippen molar-refractivity contribution in [2.45, 2.75) is 48.2 Å². The number of aliphatic hydroxyl groups is 6. The summed E-state index contributed by atoms with van der Waals surface area (Å²) in [6, 6.07) is 0. The molecule has 2 bridgehead atoms. The molecule has 0 aromatic carbocycles. The van der Waals surface area contributed by atoms with Crippen LogP contribution in [0.3, 0.4) is 0 Å². The Balaban J connectivity index is 2.26. The Hall–Kier alpha value is -1.87. The molecular formula is C12H14O13. The van der Waals surface area contributed by atoms with E-state index in [4.69, 9.17) is 0 Å². The second-order valence-corrected chi connectivity index (χ2v) is 5.93. The molecule has 3 rings (SSSR count). The molecule has 13 heteroatoms. The van der Waals surface area contributed by atoms with Crippen molar-refractivity contribution >= 4 is 17.9 Å². The van der Waals surface area contributed by atoms with Crippen molar-refractivity contribution in [3.63, 3.8) is 0 Å². The number of rotatable bonds is 1. The van der Waals surface area contributed by atoms with E-state index in [0.29, 0.717) is 0 Å². The average Bonchev–Trinajstić information content (AvgIpc) is 2.47. The molecule has 3 aliphatic rings. The Kier molecular flexibility index (Phi) is 3.64. The minimum atomic E-state index is -3.89. The summed E-state index contributed by atoms with van der Waals surface area (Å²) in [7, 11) is 0. The number of aliphatic hydroxyl groups excluding tert-OH is 2. The van der Waals surface area contributed by atoms with Crippen LogP contribution < -0.4 is 0 Å². The molecule has 140 valence electrons. The summed E-state index contributed by atoms with van der Waals surface area (Å²) in [6.07, 6.45) is -6.78. The molecule has 3 saturated heterocycles. The lowest BCUT2D eigenvalue weighted by Gasteiger charge is -2.56. The Morgan fingerprint density at radius 2 is 1.52 bits per heavy atom. The Morgan fingerprint density at radius 3 is 2.08 bits per heavy atom. The lowest BCUT2D eigenvalue weighted by molar-refractivity contribution is -0.561. The summed E-state index contributed by atoms with van der Waals surface area (Å²) in [4.78, 5) is 35.9. The van der Waals surface area contributed by atoms with Crippen LogP contribution in [0.5, 0.6) is 0 Å². The standard InChI is InChI=1S/C12H14O13/c13-3-4-7(16)10(19)11(20)12(21,22-4)24-6(15)2-9(18,8(17)25-11)1-5(14)23-10/h4,7,13,16,18-21H,1-3H2/t4-,7+,9?,10-,11-,12+/m1/s1. The highest BCUT2D eigenvalue weighted by molar-refractivity contribution is 5.91. The highest BCUT2D eigenvalue weighted by atomic mass is 16.9. The van der Waals surface area contributed by atoms with Crippen LogP contribution in [0.4, 0.5) is 0 Å². The molecule has 3 fully saturated rings. The third-order valence-electron chi connectivity index (χ3n) is 4.17. The molecule has 0 saturated carbocycles. The molecule has 0 aromatic heterocycles. The van der Waals surface area contributed by atoms with Gasteiger partial charge in [0.1, 0.15) is 6.10 Å². The minimum absolute atomic E-state index is 1.10. The largest absolute Gasteiger partial charge is 0.422 e. The van der Waals surface area contributed by atoms with Crippen molar-refractivity contribution < 1.29 is 64.0 Å². The van der Waals surface area contributed by atoms with Gasteiger partial charge in [0.25, 0.3) is 0 Å². The van der Waals surface area contributed by atoms with Gasteiger partial charge in [0, 0.05) is 0 Å². The lowest BCUT2D eigenvalue weighted by Crippen LogP contribution is -2.84. The molecule has 0 amide bonds. The van der Waals surface area contributed by atoms with Crippen molar-refractivity contribution in [2.75, 3.05) is 6.61 Å². The van der Waals surface area contributed by atoms with Gasteiger partial charge in [0.2, 0.25) is 0 Å². The first kappa shape index (κ1) is 17.9. The van der Waals surface area contributed by atoms with Gasteiger partial charge in [-0.1, -0.05) is 0 Å². The SMILES string of the molecule is O=C1CC2(O)CC(=O)O[C@]3(O)[C@@H](O)[C@@H](CO)O[C@](O)(O1)[C@]3(O)OC2=O. The first-order valence-electron chi connectivity index (χ1n) is 6.94. The Morgan fingerprint density at radius 1 is 0.960 bits per heavy atom. The van der Waals surface area contributed by atoms with E-state index in [9.17, 15) is 45.0 Å². The van der Waals surface area contributed by atoms with Crippen molar-refractivity contribution in [2.24, 2.45) is 0 Å². The molecule has 6 atom stereocenters. The number of hydrogen-bond acceptors (Lipinski definition) is 13. The molecule has 1 unspecified atom stereocenters. The average molecular weight is 366 g/mol. The van der Waals surface area contributed by atoms with E-state index in [0.717, 1.165) is 0 Å². The van der Waals surface area contributed by atoms with Crippen molar-refractivity contribution in [3.05, 3.63) is 0 Å². The first-order chi connectivity index (χ1) is 11.4. The smallest absolute Gasteiger partial charge is 0.404 e. The molecule has 0 radical (unpaired) electrons. The van der Waals surface area contributed by atoms with Crippen LogP contribution in [0.1, 0.15) is 12.8 Å². The molecule has 25 heavy (non-hydrogen) atoms. The zero-order chi connectivity index (χ0) is 18.8. The summed E-state index contributed by atoms with van der Waals surface area (Å²) in [5.41, 5.74) is -2.83. The van der Waals surface area contributed by atoms with Gasteiger partial charge in [0.05, 0.1) is 19.4 Å². The van der Waals surface area contributed by atoms with Crippen LogP contribution in [0.25, 0.3) is 0 Å². The molecule has 0 aliphatic carbocycles. The van der Waals surface area contributed by atoms with Gasteiger partial charge in [0.15, 0.2) is 11.7 Å². The van der Waals surface area contributed by atoms with Gasteiger partial charge in [-0.3, -0.25) is 9.59 Å². The van der Waals surface area contributed by atoms with E-state index < -0.39 is 72.7 Å². The van der Waals surface area contributed by atoms with Gasteiger partial charge in [-0.15, -0.1) is 0 Å². The molecule has 0 aromatic rings. The summed E-state index contributed by atoms with van der Waals surface area (Å²) >= 11 is 0. The molecule has 3 heterocycles. The van der Waals surface area contributed by atoms with Gasteiger partial charge < -0.3 is 49.6 Å². The number of hydrogen-bond donors (Lipinski definition) is 6. The maximum absolute atomic E-state index is 12.1. The third kappa shape index (κ3) is 2.18. The van der Waals surface area contributed by atoms with E-state index in [1.54, 1.807) is 0 Å². The highest BCUT2D eigenvalue weighted by Gasteiger charge is 2.82. The highest BCUT2D eigenvalue weighted by Crippen LogP contribution is 2.49. The zero-order valence-electron chi connectivity index (χ0n) is 12.3. The number of carbonyl (C=O) groups excluding carboxylic acids is 3. The van der Waals surface area contributed by atoms with Crippen molar-refractivity contribution in [1.29, 1.82) is 0 Å². The summed E-state index contributed by atoms with van der Waals surface area (Å²) in [5.74, 6) is -16.0. The van der Waals surface area contributed by atoms with Gasteiger partial charge in [-0.05, 0) is 0 Å². The second kappa shape index (κ2) is 5.07. The predicted octanol–water partition coefficient (Wildman–Crippen LogP) is -5.07. The first-order valence-corrected chi connectivity index (χ1v) is 6.94. The van der Waals surface area contributed by atoms with Gasteiger partial charge in [-0.25, -0.2) is 4.79 Å². The lowest BCUT2D eigenvalue weighted by atomic mass is 9.86. The Bertz CT molecular complexity index is 649. The van der Waals surface area contributed by atoms with Crippen LogP contribution in [-0.4, -0.2) is 90.5 Å². The van der Waals surface area contributed by atoms with Crippen LogP contribution in [0.15, 0.2) is 0 Å². The van der Waals surface area contributed by atoms with Crippen molar-refractivity contribution in [1.82, 2.24) is 0 Å². The quantitative estimate of drug-likeness (QED) is 0.190. The van der Waals surface area contributed by atoms with Crippen LogP contribution in [0.2, 0.25) is 0 Å². The third-order valence-corrected chi connectivity index (χ3v) is 4.17.